The number of nitrogens with zero attached hydrogens (tertiary/aromatic N) is 4. The monoisotopic (exact) mass is 438 g/mol. The number of methoxy groups -OCH3 is 1. The second-order valence-electron chi connectivity index (χ2n) is 6.34. The zero-order valence-electron chi connectivity index (χ0n) is 16.6. The SMILES string of the molecule is C=CCN=c1scc(-c2ccc(OC)cc2)n1N=Cc1cc2c(cc1[N+](=O)[O-])OCO2. The molecule has 1 aromatic heterocycles. The fourth-order valence-corrected chi connectivity index (χ4v) is 3.80. The van der Waals surface area contributed by atoms with Crippen LogP contribution in [-0.4, -0.2) is 36.3 Å². The summed E-state index contributed by atoms with van der Waals surface area (Å²) in [5.41, 5.74) is 1.85. The van der Waals surface area contributed by atoms with Crippen molar-refractivity contribution < 1.29 is 19.1 Å². The first-order valence-corrected chi connectivity index (χ1v) is 10.1. The maximum absolute atomic E-state index is 11.5. The van der Waals surface area contributed by atoms with Crippen molar-refractivity contribution in [3.63, 3.8) is 0 Å². The first-order valence-electron chi connectivity index (χ1n) is 9.19. The molecule has 0 bridgehead atoms. The molecule has 10 heteroatoms. The third-order valence-electron chi connectivity index (χ3n) is 4.46. The Balaban J connectivity index is 1.80. The molecule has 2 heterocycles. The van der Waals surface area contributed by atoms with E-state index < -0.39 is 4.92 Å². The van der Waals surface area contributed by atoms with Crippen LogP contribution < -0.4 is 19.0 Å². The van der Waals surface area contributed by atoms with Crippen LogP contribution in [0.4, 0.5) is 5.69 Å². The number of aromatic nitrogens is 1. The van der Waals surface area contributed by atoms with Crippen LogP contribution in [0.3, 0.4) is 0 Å². The molecule has 0 spiro atoms. The molecule has 31 heavy (non-hydrogen) atoms. The number of benzene rings is 2. The van der Waals surface area contributed by atoms with Gasteiger partial charge < -0.3 is 14.2 Å². The summed E-state index contributed by atoms with van der Waals surface area (Å²) in [5.74, 6) is 1.52. The molecular weight excluding hydrogens is 420 g/mol. The van der Waals surface area contributed by atoms with Gasteiger partial charge in [0.25, 0.3) is 5.69 Å². The van der Waals surface area contributed by atoms with Gasteiger partial charge >= 0.3 is 0 Å². The Kier molecular flexibility index (Phi) is 5.80. The van der Waals surface area contributed by atoms with Gasteiger partial charge in [-0.3, -0.25) is 15.1 Å². The normalized spacial score (nSPS) is 13.0. The number of hydrogen-bond acceptors (Lipinski definition) is 8. The lowest BCUT2D eigenvalue weighted by Gasteiger charge is -2.05. The molecule has 0 aliphatic carbocycles. The second kappa shape index (κ2) is 8.84. The summed E-state index contributed by atoms with van der Waals surface area (Å²) in [6, 6.07) is 10.4. The van der Waals surface area contributed by atoms with Crippen LogP contribution in [0, 0.1) is 10.1 Å². The van der Waals surface area contributed by atoms with E-state index in [0.29, 0.717) is 28.4 Å². The molecule has 0 N–H and O–H groups in total. The summed E-state index contributed by atoms with van der Waals surface area (Å²) in [6.45, 7) is 4.14. The molecule has 2 aromatic carbocycles. The lowest BCUT2D eigenvalue weighted by atomic mass is 10.1. The van der Waals surface area contributed by atoms with E-state index in [1.807, 2.05) is 29.6 Å². The maximum atomic E-state index is 11.5. The highest BCUT2D eigenvalue weighted by Gasteiger charge is 2.22. The first-order chi connectivity index (χ1) is 15.1. The smallest absolute Gasteiger partial charge is 0.282 e. The second-order valence-corrected chi connectivity index (χ2v) is 7.18. The van der Waals surface area contributed by atoms with Gasteiger partial charge in [0.15, 0.2) is 11.5 Å². The Morgan fingerprint density at radius 2 is 2.03 bits per heavy atom. The Morgan fingerprint density at radius 3 is 2.71 bits per heavy atom. The van der Waals surface area contributed by atoms with Crippen molar-refractivity contribution >= 4 is 23.2 Å². The van der Waals surface area contributed by atoms with E-state index in [0.717, 1.165) is 17.0 Å². The summed E-state index contributed by atoms with van der Waals surface area (Å²) < 4.78 is 17.5. The average molecular weight is 438 g/mol. The van der Waals surface area contributed by atoms with E-state index in [4.69, 9.17) is 14.2 Å². The Bertz CT molecular complexity index is 1230. The predicted molar refractivity (Wildman–Crippen MR) is 117 cm³/mol. The van der Waals surface area contributed by atoms with Gasteiger partial charge in [-0.05, 0) is 30.3 Å². The third kappa shape index (κ3) is 4.19. The minimum atomic E-state index is -0.477. The summed E-state index contributed by atoms with van der Waals surface area (Å²) in [6.07, 6.45) is 3.11. The molecule has 0 saturated heterocycles. The minimum absolute atomic E-state index is 0.0264. The Labute approximate surface area is 181 Å². The lowest BCUT2D eigenvalue weighted by molar-refractivity contribution is -0.385. The van der Waals surface area contributed by atoms with Gasteiger partial charge in [-0.25, -0.2) is 4.68 Å². The molecule has 0 unspecified atom stereocenters. The van der Waals surface area contributed by atoms with Gasteiger partial charge in [0, 0.05) is 10.9 Å². The topological polar surface area (TPSA) is 100 Å². The summed E-state index contributed by atoms with van der Waals surface area (Å²) in [7, 11) is 1.61. The highest BCUT2D eigenvalue weighted by molar-refractivity contribution is 7.07. The van der Waals surface area contributed by atoms with Crippen molar-refractivity contribution in [2.45, 2.75) is 0 Å². The number of fused-ring (bicyclic) bond motifs is 1. The van der Waals surface area contributed by atoms with E-state index in [1.165, 1.54) is 23.6 Å². The van der Waals surface area contributed by atoms with Crippen LogP contribution in [0.15, 0.2) is 64.5 Å². The number of thiazole rings is 1. The fourth-order valence-electron chi connectivity index (χ4n) is 2.95. The number of rotatable bonds is 7. The molecule has 0 amide bonds. The molecule has 0 atom stereocenters. The minimum Gasteiger partial charge on any atom is -0.497 e. The number of nitro benzene ring substituents is 1. The highest BCUT2D eigenvalue weighted by atomic mass is 32.1. The van der Waals surface area contributed by atoms with Crippen LogP contribution in [0.5, 0.6) is 17.2 Å². The third-order valence-corrected chi connectivity index (χ3v) is 5.31. The van der Waals surface area contributed by atoms with Gasteiger partial charge in [-0.15, -0.1) is 17.9 Å². The van der Waals surface area contributed by atoms with Crippen molar-refractivity contribution in [2.75, 3.05) is 20.4 Å². The largest absolute Gasteiger partial charge is 0.497 e. The molecule has 3 aromatic rings. The number of hydrogen-bond donors (Lipinski definition) is 0. The van der Waals surface area contributed by atoms with Crippen molar-refractivity contribution in [1.82, 2.24) is 4.68 Å². The van der Waals surface area contributed by atoms with Crippen molar-refractivity contribution in [3.8, 4) is 28.5 Å². The fraction of sp³-hybridized carbons (Fsp3) is 0.143. The van der Waals surface area contributed by atoms with Crippen LogP contribution in [0.25, 0.3) is 11.3 Å². The molecule has 0 saturated carbocycles. The van der Waals surface area contributed by atoms with Gasteiger partial charge in [-0.1, -0.05) is 6.08 Å². The zero-order chi connectivity index (χ0) is 21.8. The van der Waals surface area contributed by atoms with Gasteiger partial charge in [0.2, 0.25) is 11.6 Å². The molecule has 4 rings (SSSR count). The molecule has 0 radical (unpaired) electrons. The van der Waals surface area contributed by atoms with Gasteiger partial charge in [0.05, 0.1) is 42.1 Å². The van der Waals surface area contributed by atoms with Crippen molar-refractivity contribution in [3.05, 3.63) is 74.9 Å². The van der Waals surface area contributed by atoms with E-state index in [2.05, 4.69) is 16.7 Å². The zero-order valence-corrected chi connectivity index (χ0v) is 17.4. The van der Waals surface area contributed by atoms with E-state index in [9.17, 15) is 10.1 Å². The van der Waals surface area contributed by atoms with Crippen molar-refractivity contribution in [1.29, 1.82) is 0 Å². The predicted octanol–water partition coefficient (Wildman–Crippen LogP) is 3.83. The van der Waals surface area contributed by atoms with Crippen LogP contribution in [0.2, 0.25) is 0 Å². The molecule has 1 aliphatic heterocycles. The molecule has 1 aliphatic rings. The maximum Gasteiger partial charge on any atom is 0.282 e. The highest BCUT2D eigenvalue weighted by Crippen LogP contribution is 2.37. The number of ether oxygens (including phenoxy) is 3. The Morgan fingerprint density at radius 1 is 1.29 bits per heavy atom. The van der Waals surface area contributed by atoms with Crippen LogP contribution in [-0.2, 0) is 0 Å². The quantitative estimate of drug-likeness (QED) is 0.242. The standard InChI is InChI=1S/C21H18N4O5S/c1-3-8-22-21-24(18(12-31-21)14-4-6-16(28-2)7-5-14)23-11-15-9-19-20(30-13-29-19)10-17(15)25(26)27/h3-7,9-12H,1,8,13H2,2H3. The molecule has 9 nitrogen and oxygen atoms in total. The molecular formula is C21H18N4O5S. The van der Waals surface area contributed by atoms with Crippen LogP contribution >= 0.6 is 11.3 Å². The summed E-state index contributed by atoms with van der Waals surface area (Å²) in [4.78, 5) is 16.2. The average Bonchev–Trinajstić information content (AvgIpc) is 3.41. The van der Waals surface area contributed by atoms with Crippen molar-refractivity contribution in [2.24, 2.45) is 10.1 Å². The van der Waals surface area contributed by atoms with Gasteiger partial charge in [-0.2, -0.15) is 5.10 Å². The first kappa shape index (κ1) is 20.4. The Hall–Kier alpha value is -3.92. The lowest BCUT2D eigenvalue weighted by Crippen LogP contribution is -2.12. The van der Waals surface area contributed by atoms with Crippen LogP contribution in [0.1, 0.15) is 5.56 Å². The summed E-state index contributed by atoms with van der Waals surface area (Å²) >= 11 is 1.41. The summed E-state index contributed by atoms with van der Waals surface area (Å²) in [5, 5.41) is 18.0. The van der Waals surface area contributed by atoms with E-state index >= 15 is 0 Å². The number of nitro groups is 1. The molecule has 0 fully saturated rings. The molecule has 158 valence electrons. The van der Waals surface area contributed by atoms with Gasteiger partial charge in [0.1, 0.15) is 5.75 Å². The van der Waals surface area contributed by atoms with E-state index in [1.54, 1.807) is 23.9 Å². The van der Waals surface area contributed by atoms with E-state index in [-0.39, 0.29) is 12.5 Å².